The molecule has 1 heterocycles. The Morgan fingerprint density at radius 2 is 1.79 bits per heavy atom. The molecule has 0 bridgehead atoms. The Hall–Kier alpha value is -1.59. The van der Waals surface area contributed by atoms with Crippen molar-refractivity contribution in [3.05, 3.63) is 5.92 Å². The molecule has 0 aromatic carbocycles. The molecular formula is C13H22N3O3. The van der Waals surface area contributed by atoms with Crippen molar-refractivity contribution < 1.29 is 14.4 Å². The summed E-state index contributed by atoms with van der Waals surface area (Å²) in [4.78, 5) is 35.9. The number of hydrogen-bond acceptors (Lipinski definition) is 3. The van der Waals surface area contributed by atoms with Gasteiger partial charge in [0.2, 0.25) is 17.7 Å². The molecule has 0 saturated carbocycles. The van der Waals surface area contributed by atoms with Crippen molar-refractivity contribution in [1.82, 2.24) is 10.2 Å². The van der Waals surface area contributed by atoms with Gasteiger partial charge in [-0.1, -0.05) is 0 Å². The maximum atomic E-state index is 11.8. The minimum atomic E-state index is -0.422. The molecule has 0 aromatic heterocycles. The summed E-state index contributed by atoms with van der Waals surface area (Å²) in [6, 6.07) is 0. The van der Waals surface area contributed by atoms with Gasteiger partial charge in [-0.25, -0.2) is 0 Å². The lowest BCUT2D eigenvalue weighted by Crippen LogP contribution is -2.44. The van der Waals surface area contributed by atoms with Gasteiger partial charge in [0.1, 0.15) is 0 Å². The number of likely N-dealkylation sites (tertiary alicyclic amines) is 1. The molecule has 107 valence electrons. The van der Waals surface area contributed by atoms with Crippen molar-refractivity contribution in [3.8, 4) is 0 Å². The summed E-state index contributed by atoms with van der Waals surface area (Å²) in [7, 11) is 0. The van der Waals surface area contributed by atoms with Crippen LogP contribution in [0.25, 0.3) is 0 Å². The Balaban J connectivity index is 2.31. The third kappa shape index (κ3) is 4.89. The van der Waals surface area contributed by atoms with Crippen LogP contribution >= 0.6 is 0 Å². The van der Waals surface area contributed by atoms with E-state index in [1.165, 1.54) is 0 Å². The number of carbonyl (C=O) groups is 3. The number of hydrogen-bond donors (Lipinski definition) is 2. The summed E-state index contributed by atoms with van der Waals surface area (Å²) in [6.45, 7) is 5.10. The molecule has 3 N–H and O–H groups in total. The maximum Gasteiger partial charge on any atom is 0.229 e. The van der Waals surface area contributed by atoms with E-state index in [1.807, 2.05) is 0 Å². The third-order valence-electron chi connectivity index (χ3n) is 3.25. The van der Waals surface area contributed by atoms with Crippen LogP contribution < -0.4 is 11.1 Å². The first-order chi connectivity index (χ1) is 8.91. The third-order valence-corrected chi connectivity index (χ3v) is 3.25. The molecule has 0 aliphatic carbocycles. The van der Waals surface area contributed by atoms with E-state index in [0.717, 1.165) is 5.92 Å². The first kappa shape index (κ1) is 15.5. The Kier molecular flexibility index (Phi) is 5.79. The second-order valence-corrected chi connectivity index (χ2v) is 5.07. The minimum absolute atomic E-state index is 0.0504. The van der Waals surface area contributed by atoms with E-state index in [-0.39, 0.29) is 30.7 Å². The summed E-state index contributed by atoms with van der Waals surface area (Å²) in [5.41, 5.74) is 5.00. The van der Waals surface area contributed by atoms with Crippen LogP contribution in [-0.2, 0) is 14.4 Å². The van der Waals surface area contributed by atoms with Crippen molar-refractivity contribution in [1.29, 1.82) is 0 Å². The lowest BCUT2D eigenvalue weighted by atomic mass is 9.95. The quantitative estimate of drug-likeness (QED) is 0.725. The molecule has 0 atom stereocenters. The van der Waals surface area contributed by atoms with Crippen LogP contribution in [-0.4, -0.2) is 42.3 Å². The van der Waals surface area contributed by atoms with E-state index in [1.54, 1.807) is 18.7 Å². The predicted molar refractivity (Wildman–Crippen MR) is 70.7 cm³/mol. The Labute approximate surface area is 113 Å². The number of nitrogens with one attached hydrogen (secondary N) is 1. The summed E-state index contributed by atoms with van der Waals surface area (Å²) < 4.78 is 0. The lowest BCUT2D eigenvalue weighted by molar-refractivity contribution is -0.134. The van der Waals surface area contributed by atoms with Crippen LogP contribution in [0.5, 0.6) is 0 Å². The van der Waals surface area contributed by atoms with Gasteiger partial charge < -0.3 is 16.0 Å². The van der Waals surface area contributed by atoms with Crippen molar-refractivity contribution in [2.24, 2.45) is 11.7 Å². The summed E-state index contributed by atoms with van der Waals surface area (Å²) >= 11 is 0. The number of primary amides is 1. The van der Waals surface area contributed by atoms with Crippen LogP contribution in [0.4, 0.5) is 0 Å². The van der Waals surface area contributed by atoms with E-state index in [2.05, 4.69) is 5.32 Å². The predicted octanol–water partition coefficient (Wildman–Crippen LogP) is -0.169. The van der Waals surface area contributed by atoms with Crippen molar-refractivity contribution in [2.75, 3.05) is 19.6 Å². The van der Waals surface area contributed by atoms with Crippen molar-refractivity contribution in [2.45, 2.75) is 33.1 Å². The molecular weight excluding hydrogens is 246 g/mol. The lowest BCUT2D eigenvalue weighted by Gasteiger charge is -2.32. The highest BCUT2D eigenvalue weighted by Gasteiger charge is 2.28. The van der Waals surface area contributed by atoms with E-state index < -0.39 is 5.91 Å². The van der Waals surface area contributed by atoms with Gasteiger partial charge in [-0.2, -0.15) is 0 Å². The Bertz CT molecular complexity index is 347. The second-order valence-electron chi connectivity index (χ2n) is 5.07. The summed E-state index contributed by atoms with van der Waals surface area (Å²) in [6.07, 6.45) is 1.50. The maximum absolute atomic E-state index is 11.8. The molecule has 0 aromatic rings. The summed E-state index contributed by atoms with van der Waals surface area (Å²) in [5.74, 6) is 0.284. The fourth-order valence-electron chi connectivity index (χ4n) is 2.11. The van der Waals surface area contributed by atoms with Gasteiger partial charge in [0, 0.05) is 32.0 Å². The van der Waals surface area contributed by atoms with Crippen molar-refractivity contribution >= 4 is 17.7 Å². The smallest absolute Gasteiger partial charge is 0.229 e. The van der Waals surface area contributed by atoms with E-state index in [4.69, 9.17) is 5.73 Å². The van der Waals surface area contributed by atoms with Crippen LogP contribution in [0.3, 0.4) is 0 Å². The number of nitrogens with zero attached hydrogens (tertiary/aromatic N) is 1. The molecule has 1 aliphatic heterocycles. The standard InChI is InChI=1S/C13H22N3O3/c1-9(2)13(19)16-7-4-10(5-8-16)12(18)15-6-3-11(14)17/h10H,3-8H2,1-2H3,(H2,14,17)(H,15,18). The normalized spacial score (nSPS) is 16.5. The first-order valence-electron chi connectivity index (χ1n) is 6.57. The zero-order chi connectivity index (χ0) is 14.4. The average Bonchev–Trinajstić information content (AvgIpc) is 2.37. The number of amides is 3. The van der Waals surface area contributed by atoms with Crippen LogP contribution in [0.2, 0.25) is 0 Å². The van der Waals surface area contributed by atoms with Gasteiger partial charge in [0.15, 0.2) is 0 Å². The topological polar surface area (TPSA) is 92.5 Å². The molecule has 1 radical (unpaired) electrons. The van der Waals surface area contributed by atoms with Crippen LogP contribution in [0, 0.1) is 11.8 Å². The zero-order valence-corrected chi connectivity index (χ0v) is 11.6. The SMILES string of the molecule is C[C](C)C(=O)N1CCC(C(=O)NCCC(N)=O)CC1. The molecule has 1 fully saturated rings. The monoisotopic (exact) mass is 268 g/mol. The van der Waals surface area contributed by atoms with E-state index >= 15 is 0 Å². The Morgan fingerprint density at radius 3 is 2.26 bits per heavy atom. The first-order valence-corrected chi connectivity index (χ1v) is 6.57. The molecule has 3 amide bonds. The fraction of sp³-hybridized carbons (Fsp3) is 0.692. The summed E-state index contributed by atoms with van der Waals surface area (Å²) in [5, 5.41) is 2.70. The molecule has 0 unspecified atom stereocenters. The highest BCUT2D eigenvalue weighted by molar-refractivity contribution is 5.89. The number of carbonyl (C=O) groups excluding carboxylic acids is 3. The van der Waals surface area contributed by atoms with Gasteiger partial charge in [0.25, 0.3) is 0 Å². The molecule has 1 saturated heterocycles. The van der Waals surface area contributed by atoms with Gasteiger partial charge >= 0.3 is 0 Å². The van der Waals surface area contributed by atoms with Crippen LogP contribution in [0.1, 0.15) is 33.1 Å². The Morgan fingerprint density at radius 1 is 1.21 bits per heavy atom. The number of rotatable bonds is 5. The average molecular weight is 268 g/mol. The van der Waals surface area contributed by atoms with Crippen molar-refractivity contribution in [3.63, 3.8) is 0 Å². The molecule has 1 aliphatic rings. The molecule has 19 heavy (non-hydrogen) atoms. The van der Waals surface area contributed by atoms with E-state index in [9.17, 15) is 14.4 Å². The van der Waals surface area contributed by atoms with Gasteiger partial charge in [-0.3, -0.25) is 14.4 Å². The largest absolute Gasteiger partial charge is 0.370 e. The highest BCUT2D eigenvalue weighted by atomic mass is 16.2. The molecule has 1 rings (SSSR count). The molecule has 0 spiro atoms. The van der Waals surface area contributed by atoms with E-state index in [0.29, 0.717) is 25.9 Å². The van der Waals surface area contributed by atoms with Crippen LogP contribution in [0.15, 0.2) is 0 Å². The molecule has 6 nitrogen and oxygen atoms in total. The number of nitrogens with two attached hydrogens (primary N) is 1. The van der Waals surface area contributed by atoms with Gasteiger partial charge in [0.05, 0.1) is 5.92 Å². The minimum Gasteiger partial charge on any atom is -0.370 e. The van der Waals surface area contributed by atoms with Gasteiger partial charge in [-0.15, -0.1) is 0 Å². The fourth-order valence-corrected chi connectivity index (χ4v) is 2.11. The zero-order valence-electron chi connectivity index (χ0n) is 11.6. The number of piperidine rings is 1. The molecule has 6 heteroatoms. The van der Waals surface area contributed by atoms with Gasteiger partial charge in [-0.05, 0) is 26.7 Å². The highest BCUT2D eigenvalue weighted by Crippen LogP contribution is 2.19. The second kappa shape index (κ2) is 7.11.